The van der Waals surface area contributed by atoms with Crippen molar-refractivity contribution in [2.75, 3.05) is 6.54 Å². The lowest BCUT2D eigenvalue weighted by atomic mass is 10.2. The Kier molecular flexibility index (Phi) is 4.25. The molecule has 0 bridgehead atoms. The van der Waals surface area contributed by atoms with Crippen LogP contribution in [0.2, 0.25) is 5.02 Å². The lowest BCUT2D eigenvalue weighted by molar-refractivity contribution is 0.0954. The molecule has 0 saturated heterocycles. The van der Waals surface area contributed by atoms with Crippen molar-refractivity contribution < 1.29 is 4.79 Å². The molecule has 0 radical (unpaired) electrons. The molecule has 2 heterocycles. The highest BCUT2D eigenvalue weighted by atomic mass is 35.5. The van der Waals surface area contributed by atoms with Gasteiger partial charge in [-0.15, -0.1) is 0 Å². The molecule has 92 valence electrons. The van der Waals surface area contributed by atoms with E-state index in [2.05, 4.69) is 15.3 Å². The summed E-state index contributed by atoms with van der Waals surface area (Å²) in [5.74, 6) is -0.196. The molecule has 0 spiro atoms. The SMILES string of the molecule is O=C(NCCc1ccccn1)c1ccncc1Cl. The number of nitrogens with one attached hydrogen (secondary N) is 1. The molecule has 0 fully saturated rings. The number of carbonyl (C=O) groups excluding carboxylic acids is 1. The standard InChI is InChI=1S/C13H12ClN3O/c14-12-9-15-7-5-11(12)13(18)17-8-4-10-3-1-2-6-16-10/h1-3,5-7,9H,4,8H2,(H,17,18). The molecule has 0 aliphatic heterocycles. The summed E-state index contributed by atoms with van der Waals surface area (Å²) in [6.45, 7) is 0.522. The number of pyridine rings is 2. The number of amides is 1. The normalized spacial score (nSPS) is 10.1. The topological polar surface area (TPSA) is 54.9 Å². The van der Waals surface area contributed by atoms with Gasteiger partial charge in [-0.2, -0.15) is 0 Å². The smallest absolute Gasteiger partial charge is 0.252 e. The van der Waals surface area contributed by atoms with Gasteiger partial charge in [-0.3, -0.25) is 14.8 Å². The Labute approximate surface area is 110 Å². The van der Waals surface area contributed by atoms with Crippen LogP contribution in [0, 0.1) is 0 Å². The molecule has 18 heavy (non-hydrogen) atoms. The first-order chi connectivity index (χ1) is 8.77. The Bertz CT molecular complexity index is 531. The van der Waals surface area contributed by atoms with Crippen LogP contribution in [0.3, 0.4) is 0 Å². The van der Waals surface area contributed by atoms with E-state index in [-0.39, 0.29) is 5.91 Å². The van der Waals surface area contributed by atoms with E-state index in [1.54, 1.807) is 18.5 Å². The van der Waals surface area contributed by atoms with Crippen LogP contribution in [0.1, 0.15) is 16.1 Å². The summed E-state index contributed by atoms with van der Waals surface area (Å²) in [4.78, 5) is 19.8. The van der Waals surface area contributed by atoms with Crippen LogP contribution < -0.4 is 5.32 Å². The second kappa shape index (κ2) is 6.12. The summed E-state index contributed by atoms with van der Waals surface area (Å²) in [6.07, 6.45) is 5.42. The molecule has 2 aromatic rings. The predicted molar refractivity (Wildman–Crippen MR) is 69.5 cm³/mol. The Morgan fingerprint density at radius 2 is 2.17 bits per heavy atom. The van der Waals surface area contributed by atoms with Crippen molar-refractivity contribution in [3.63, 3.8) is 0 Å². The molecule has 0 atom stereocenters. The van der Waals surface area contributed by atoms with Crippen molar-refractivity contribution in [3.05, 3.63) is 59.1 Å². The zero-order valence-electron chi connectivity index (χ0n) is 9.64. The summed E-state index contributed by atoms with van der Waals surface area (Å²) < 4.78 is 0. The Hall–Kier alpha value is -1.94. The molecular formula is C13H12ClN3O. The molecular weight excluding hydrogens is 250 g/mol. The summed E-state index contributed by atoms with van der Waals surface area (Å²) in [5, 5.41) is 3.15. The van der Waals surface area contributed by atoms with E-state index in [0.29, 0.717) is 23.6 Å². The minimum Gasteiger partial charge on any atom is -0.352 e. The largest absolute Gasteiger partial charge is 0.352 e. The van der Waals surface area contributed by atoms with Crippen LogP contribution in [0.25, 0.3) is 0 Å². The summed E-state index contributed by atoms with van der Waals surface area (Å²) in [5.41, 5.74) is 1.38. The Balaban J connectivity index is 1.88. The molecule has 0 aliphatic rings. The van der Waals surface area contributed by atoms with E-state index in [0.717, 1.165) is 5.69 Å². The van der Waals surface area contributed by atoms with E-state index in [9.17, 15) is 4.79 Å². The molecule has 0 aromatic carbocycles. The quantitative estimate of drug-likeness (QED) is 0.917. The fourth-order valence-electron chi connectivity index (χ4n) is 1.50. The number of aromatic nitrogens is 2. The van der Waals surface area contributed by atoms with Crippen molar-refractivity contribution in [2.45, 2.75) is 6.42 Å². The predicted octanol–water partition coefficient (Wildman–Crippen LogP) is 2.10. The molecule has 2 rings (SSSR count). The summed E-state index contributed by atoms with van der Waals surface area (Å²) in [7, 11) is 0. The molecule has 1 N–H and O–H groups in total. The maximum absolute atomic E-state index is 11.8. The third-order valence-electron chi connectivity index (χ3n) is 2.41. The van der Waals surface area contributed by atoms with Gasteiger partial charge in [-0.25, -0.2) is 0 Å². The van der Waals surface area contributed by atoms with Crippen molar-refractivity contribution >= 4 is 17.5 Å². The lowest BCUT2D eigenvalue weighted by Gasteiger charge is -2.05. The second-order valence-electron chi connectivity index (χ2n) is 3.68. The highest BCUT2D eigenvalue weighted by Crippen LogP contribution is 2.12. The minimum absolute atomic E-state index is 0.196. The van der Waals surface area contributed by atoms with Gasteiger partial charge in [0.25, 0.3) is 5.91 Å². The lowest BCUT2D eigenvalue weighted by Crippen LogP contribution is -2.26. The van der Waals surface area contributed by atoms with E-state index in [4.69, 9.17) is 11.6 Å². The van der Waals surface area contributed by atoms with Crippen LogP contribution in [0.15, 0.2) is 42.9 Å². The number of halogens is 1. The molecule has 4 nitrogen and oxygen atoms in total. The maximum atomic E-state index is 11.8. The van der Waals surface area contributed by atoms with E-state index < -0.39 is 0 Å². The van der Waals surface area contributed by atoms with Crippen LogP contribution in [0.5, 0.6) is 0 Å². The minimum atomic E-state index is -0.196. The first-order valence-corrected chi connectivity index (χ1v) is 5.93. The van der Waals surface area contributed by atoms with Crippen molar-refractivity contribution in [2.24, 2.45) is 0 Å². The van der Waals surface area contributed by atoms with Gasteiger partial charge in [0.2, 0.25) is 0 Å². The number of hydrogen-bond donors (Lipinski definition) is 1. The van der Waals surface area contributed by atoms with Crippen LogP contribution >= 0.6 is 11.6 Å². The first kappa shape index (κ1) is 12.5. The summed E-state index contributed by atoms with van der Waals surface area (Å²) in [6, 6.07) is 7.30. The number of nitrogens with zero attached hydrogens (tertiary/aromatic N) is 2. The number of carbonyl (C=O) groups is 1. The van der Waals surface area contributed by atoms with Crippen LogP contribution in [-0.2, 0) is 6.42 Å². The number of hydrogen-bond acceptors (Lipinski definition) is 3. The van der Waals surface area contributed by atoms with Gasteiger partial charge >= 0.3 is 0 Å². The van der Waals surface area contributed by atoms with Gasteiger partial charge in [-0.05, 0) is 18.2 Å². The second-order valence-corrected chi connectivity index (χ2v) is 4.09. The molecule has 5 heteroatoms. The van der Waals surface area contributed by atoms with Crippen LogP contribution in [0.4, 0.5) is 0 Å². The number of rotatable bonds is 4. The van der Waals surface area contributed by atoms with Crippen molar-refractivity contribution in [1.29, 1.82) is 0 Å². The molecule has 0 saturated carbocycles. The van der Waals surface area contributed by atoms with Gasteiger partial charge in [-0.1, -0.05) is 17.7 Å². The Morgan fingerprint density at radius 1 is 1.28 bits per heavy atom. The first-order valence-electron chi connectivity index (χ1n) is 5.55. The zero-order valence-corrected chi connectivity index (χ0v) is 10.4. The van der Waals surface area contributed by atoms with Gasteiger partial charge in [0.15, 0.2) is 0 Å². The average Bonchev–Trinajstić information content (AvgIpc) is 2.40. The van der Waals surface area contributed by atoms with Gasteiger partial charge in [0.05, 0.1) is 10.6 Å². The molecule has 2 aromatic heterocycles. The monoisotopic (exact) mass is 261 g/mol. The van der Waals surface area contributed by atoms with Gasteiger partial charge < -0.3 is 5.32 Å². The highest BCUT2D eigenvalue weighted by Gasteiger charge is 2.08. The third-order valence-corrected chi connectivity index (χ3v) is 2.71. The van der Waals surface area contributed by atoms with E-state index >= 15 is 0 Å². The fourth-order valence-corrected chi connectivity index (χ4v) is 1.71. The van der Waals surface area contributed by atoms with Crippen LogP contribution in [-0.4, -0.2) is 22.4 Å². The van der Waals surface area contributed by atoms with E-state index in [1.807, 2.05) is 18.2 Å². The maximum Gasteiger partial charge on any atom is 0.252 e. The zero-order chi connectivity index (χ0) is 12.8. The van der Waals surface area contributed by atoms with Gasteiger partial charge in [0, 0.05) is 37.3 Å². The average molecular weight is 262 g/mol. The van der Waals surface area contributed by atoms with Gasteiger partial charge in [0.1, 0.15) is 0 Å². The van der Waals surface area contributed by atoms with E-state index in [1.165, 1.54) is 6.20 Å². The molecule has 0 unspecified atom stereocenters. The fraction of sp³-hybridized carbons (Fsp3) is 0.154. The Morgan fingerprint density at radius 3 is 2.89 bits per heavy atom. The highest BCUT2D eigenvalue weighted by molar-refractivity contribution is 6.33. The third kappa shape index (κ3) is 3.28. The summed E-state index contributed by atoms with van der Waals surface area (Å²) >= 11 is 5.88. The van der Waals surface area contributed by atoms with Crippen molar-refractivity contribution in [1.82, 2.24) is 15.3 Å². The van der Waals surface area contributed by atoms with Crippen molar-refractivity contribution in [3.8, 4) is 0 Å². The molecule has 0 aliphatic carbocycles. The molecule has 1 amide bonds.